The maximum absolute atomic E-state index is 12.2. The minimum Gasteiger partial charge on any atom is -0.331 e. The van der Waals surface area contributed by atoms with Gasteiger partial charge >= 0.3 is 0 Å². The van der Waals surface area contributed by atoms with E-state index in [0.717, 1.165) is 50.3 Å². The Morgan fingerprint density at radius 1 is 1.30 bits per heavy atom. The number of hydrogen-bond acceptors (Lipinski definition) is 5. The van der Waals surface area contributed by atoms with Crippen molar-refractivity contribution in [3.8, 4) is 0 Å². The summed E-state index contributed by atoms with van der Waals surface area (Å²) < 4.78 is 27.0. The van der Waals surface area contributed by atoms with Gasteiger partial charge in [-0.05, 0) is 25.7 Å². The molecule has 23 heavy (non-hydrogen) atoms. The average Bonchev–Trinajstić information content (AvgIpc) is 3.06. The molecular formula is C14H28ClN3O3S2. The molecule has 0 aromatic rings. The smallest absolute Gasteiger partial charge is 0.240 e. The first-order valence-corrected chi connectivity index (χ1v) is 10.8. The Balaban J connectivity index is 0.00000264. The molecule has 1 aliphatic carbocycles. The zero-order valence-corrected chi connectivity index (χ0v) is 15.9. The molecule has 1 saturated carbocycles. The molecule has 0 spiro atoms. The molecule has 6 nitrogen and oxygen atoms in total. The van der Waals surface area contributed by atoms with Crippen molar-refractivity contribution in [3.05, 3.63) is 0 Å². The van der Waals surface area contributed by atoms with Crippen LogP contribution >= 0.6 is 24.2 Å². The van der Waals surface area contributed by atoms with E-state index in [0.29, 0.717) is 19.4 Å². The van der Waals surface area contributed by atoms with Crippen LogP contribution in [0, 0.1) is 0 Å². The minimum atomic E-state index is -3.21. The number of amides is 1. The first-order valence-electron chi connectivity index (χ1n) is 8.11. The van der Waals surface area contributed by atoms with Crippen molar-refractivity contribution >= 4 is 40.1 Å². The number of carbonyl (C=O) groups is 1. The van der Waals surface area contributed by atoms with Gasteiger partial charge in [-0.25, -0.2) is 13.1 Å². The second kappa shape index (κ2) is 10.1. The summed E-state index contributed by atoms with van der Waals surface area (Å²) in [6.07, 6.45) is 5.78. The quantitative estimate of drug-likeness (QED) is 0.644. The standard InChI is InChI=1S/C14H27N3O3S2.ClH/c15-13(14(18)17-9-10-21-11-17)7-4-8-16-22(19,20)12-5-2-1-3-6-12;/h12-13,16H,1-11,15H2;1H. The molecule has 1 unspecified atom stereocenters. The van der Waals surface area contributed by atoms with E-state index in [-0.39, 0.29) is 23.6 Å². The molecule has 2 aliphatic rings. The number of thioether (sulfide) groups is 1. The van der Waals surface area contributed by atoms with Crippen LogP contribution in [0.5, 0.6) is 0 Å². The van der Waals surface area contributed by atoms with Crippen LogP contribution in [0.1, 0.15) is 44.9 Å². The van der Waals surface area contributed by atoms with Crippen LogP contribution in [0.2, 0.25) is 0 Å². The van der Waals surface area contributed by atoms with Gasteiger partial charge in [0.2, 0.25) is 15.9 Å². The lowest BCUT2D eigenvalue weighted by Gasteiger charge is -2.22. The van der Waals surface area contributed by atoms with Crippen LogP contribution in [0.25, 0.3) is 0 Å². The van der Waals surface area contributed by atoms with E-state index in [2.05, 4.69) is 4.72 Å². The van der Waals surface area contributed by atoms with Crippen LogP contribution in [0.15, 0.2) is 0 Å². The van der Waals surface area contributed by atoms with Gasteiger partial charge in [-0.15, -0.1) is 24.2 Å². The van der Waals surface area contributed by atoms with Gasteiger partial charge in [-0.1, -0.05) is 19.3 Å². The van der Waals surface area contributed by atoms with Gasteiger partial charge in [-0.2, -0.15) is 0 Å². The number of nitrogens with zero attached hydrogens (tertiary/aromatic N) is 1. The largest absolute Gasteiger partial charge is 0.331 e. The van der Waals surface area contributed by atoms with Crippen molar-refractivity contribution in [1.82, 2.24) is 9.62 Å². The minimum absolute atomic E-state index is 0. The Morgan fingerprint density at radius 2 is 2.00 bits per heavy atom. The number of nitrogens with two attached hydrogens (primary N) is 1. The molecule has 1 aliphatic heterocycles. The fraction of sp³-hybridized carbons (Fsp3) is 0.929. The van der Waals surface area contributed by atoms with Gasteiger partial charge in [0.15, 0.2) is 0 Å². The number of halogens is 1. The zero-order valence-electron chi connectivity index (χ0n) is 13.4. The third kappa shape index (κ3) is 6.42. The lowest BCUT2D eigenvalue weighted by atomic mass is 10.0. The van der Waals surface area contributed by atoms with Crippen molar-refractivity contribution < 1.29 is 13.2 Å². The van der Waals surface area contributed by atoms with E-state index in [4.69, 9.17) is 5.73 Å². The summed E-state index contributed by atoms with van der Waals surface area (Å²) >= 11 is 1.73. The van der Waals surface area contributed by atoms with Crippen molar-refractivity contribution in [2.75, 3.05) is 24.7 Å². The first-order chi connectivity index (χ1) is 10.5. The van der Waals surface area contributed by atoms with Gasteiger partial charge < -0.3 is 10.6 Å². The summed E-state index contributed by atoms with van der Waals surface area (Å²) in [6.45, 7) is 1.14. The van der Waals surface area contributed by atoms with Crippen LogP contribution in [0.3, 0.4) is 0 Å². The van der Waals surface area contributed by atoms with Crippen molar-refractivity contribution in [2.24, 2.45) is 5.73 Å². The predicted molar refractivity (Wildman–Crippen MR) is 97.3 cm³/mol. The van der Waals surface area contributed by atoms with Crippen LogP contribution in [-0.4, -0.2) is 55.2 Å². The van der Waals surface area contributed by atoms with Gasteiger partial charge in [-0.3, -0.25) is 4.79 Å². The van der Waals surface area contributed by atoms with Crippen LogP contribution in [0.4, 0.5) is 0 Å². The summed E-state index contributed by atoms with van der Waals surface area (Å²) in [5, 5.41) is -0.238. The maximum Gasteiger partial charge on any atom is 0.240 e. The Hall–Kier alpha value is -0.0200. The monoisotopic (exact) mass is 385 g/mol. The molecule has 0 bridgehead atoms. The fourth-order valence-electron chi connectivity index (χ4n) is 2.98. The van der Waals surface area contributed by atoms with Crippen molar-refractivity contribution in [2.45, 2.75) is 56.2 Å². The summed E-state index contributed by atoms with van der Waals surface area (Å²) in [7, 11) is -3.21. The normalized spacial score (nSPS) is 21.0. The highest BCUT2D eigenvalue weighted by Crippen LogP contribution is 2.23. The predicted octanol–water partition coefficient (Wildman–Crippen LogP) is 1.30. The lowest BCUT2D eigenvalue weighted by Crippen LogP contribution is -2.43. The molecule has 0 radical (unpaired) electrons. The van der Waals surface area contributed by atoms with Gasteiger partial charge in [0.1, 0.15) is 0 Å². The Kier molecular flexibility index (Phi) is 9.21. The molecule has 1 atom stereocenters. The number of rotatable bonds is 7. The molecule has 1 heterocycles. The Labute approximate surface area is 149 Å². The van der Waals surface area contributed by atoms with E-state index in [1.54, 1.807) is 16.7 Å². The molecule has 3 N–H and O–H groups in total. The molecular weight excluding hydrogens is 358 g/mol. The number of nitrogens with one attached hydrogen (secondary N) is 1. The van der Waals surface area contributed by atoms with Gasteiger partial charge in [0, 0.05) is 18.8 Å². The molecule has 1 saturated heterocycles. The highest BCUT2D eigenvalue weighted by Gasteiger charge is 2.27. The molecule has 2 rings (SSSR count). The topological polar surface area (TPSA) is 92.5 Å². The molecule has 136 valence electrons. The van der Waals surface area contributed by atoms with Crippen LogP contribution < -0.4 is 10.5 Å². The summed E-state index contributed by atoms with van der Waals surface area (Å²) in [5.41, 5.74) is 5.91. The second-order valence-corrected chi connectivity index (χ2v) is 9.21. The summed E-state index contributed by atoms with van der Waals surface area (Å²) in [4.78, 5) is 13.8. The summed E-state index contributed by atoms with van der Waals surface area (Å²) in [6, 6.07) is -0.516. The van der Waals surface area contributed by atoms with Crippen molar-refractivity contribution in [3.63, 3.8) is 0 Å². The van der Waals surface area contributed by atoms with Gasteiger partial charge in [0.25, 0.3) is 0 Å². The van der Waals surface area contributed by atoms with E-state index in [1.165, 1.54) is 0 Å². The second-order valence-electron chi connectivity index (χ2n) is 6.09. The molecule has 1 amide bonds. The van der Waals surface area contributed by atoms with E-state index >= 15 is 0 Å². The van der Waals surface area contributed by atoms with E-state index in [1.807, 2.05) is 0 Å². The van der Waals surface area contributed by atoms with Crippen molar-refractivity contribution in [1.29, 1.82) is 0 Å². The molecule has 2 fully saturated rings. The molecule has 0 aromatic carbocycles. The van der Waals surface area contributed by atoms with E-state index in [9.17, 15) is 13.2 Å². The number of carbonyl (C=O) groups excluding carboxylic acids is 1. The van der Waals surface area contributed by atoms with Gasteiger partial charge in [0.05, 0.1) is 17.2 Å². The number of sulfonamides is 1. The SMILES string of the molecule is Cl.NC(CCCNS(=O)(=O)C1CCCCC1)C(=O)N1CCSC1. The third-order valence-corrected chi connectivity index (χ3v) is 7.29. The lowest BCUT2D eigenvalue weighted by molar-refractivity contribution is -0.131. The first kappa shape index (κ1) is 21.0. The fourth-order valence-corrected chi connectivity index (χ4v) is 5.55. The van der Waals surface area contributed by atoms with E-state index < -0.39 is 16.1 Å². The Morgan fingerprint density at radius 3 is 2.61 bits per heavy atom. The third-order valence-electron chi connectivity index (χ3n) is 4.37. The highest BCUT2D eigenvalue weighted by molar-refractivity contribution is 7.99. The molecule has 9 heteroatoms. The average molecular weight is 386 g/mol. The highest BCUT2D eigenvalue weighted by atomic mass is 35.5. The van der Waals surface area contributed by atoms with Crippen LogP contribution in [-0.2, 0) is 14.8 Å². The zero-order chi connectivity index (χ0) is 16.0. The molecule has 0 aromatic heterocycles. The summed E-state index contributed by atoms with van der Waals surface area (Å²) in [5.74, 6) is 1.68. The number of hydrogen-bond donors (Lipinski definition) is 2. The maximum atomic E-state index is 12.2. The Bertz CT molecular complexity index is 464.